The summed E-state index contributed by atoms with van der Waals surface area (Å²) in [6.45, 7) is 5.95. The second-order valence-corrected chi connectivity index (χ2v) is 7.39. The third kappa shape index (κ3) is 4.03. The first-order chi connectivity index (χ1) is 13.2. The molecule has 0 spiro atoms. The molecule has 0 aliphatic carbocycles. The van der Waals surface area contributed by atoms with Crippen molar-refractivity contribution >= 4 is 16.8 Å². The lowest BCUT2D eigenvalue weighted by Crippen LogP contribution is -2.34. The fourth-order valence-electron chi connectivity index (χ4n) is 4.06. The molecular weight excluding hydrogens is 336 g/mol. The molecule has 1 amide bonds. The average Bonchev–Trinajstić information content (AvgIpc) is 3.30. The molecule has 1 aliphatic rings. The molecule has 3 aromatic rings. The molecule has 2 aromatic carbocycles. The Kier molecular flexibility index (Phi) is 5.21. The van der Waals surface area contributed by atoms with E-state index in [0.717, 1.165) is 36.2 Å². The van der Waals surface area contributed by atoms with Crippen molar-refractivity contribution in [3.8, 4) is 0 Å². The summed E-state index contributed by atoms with van der Waals surface area (Å²) in [5.74, 6) is 0.650. The predicted molar refractivity (Wildman–Crippen MR) is 108 cm³/mol. The van der Waals surface area contributed by atoms with Gasteiger partial charge in [0.2, 0.25) is 5.91 Å². The molecule has 0 unspecified atom stereocenters. The van der Waals surface area contributed by atoms with Gasteiger partial charge in [-0.15, -0.1) is 0 Å². The Bertz CT molecular complexity index is 933. The summed E-state index contributed by atoms with van der Waals surface area (Å²) in [7, 11) is 0. The van der Waals surface area contributed by atoms with Crippen LogP contribution in [0.4, 0.5) is 0 Å². The van der Waals surface area contributed by atoms with Crippen LogP contribution < -0.4 is 5.32 Å². The molecule has 5 nitrogen and oxygen atoms in total. The standard InChI is InChI=1S/C22H26N4O/c1-16-6-2-3-7-18(16)17-10-12-26(15-17)13-11-23-22(27)14-21-19-8-4-5-9-20(19)24-25-21/h2-9,17H,10-15H2,1H3,(H,23,27)(H,24,25)/t17-/m0/s1. The SMILES string of the molecule is Cc1ccccc1[C@H]1CCN(CCNC(=O)Cc2[nH]nc3ccccc23)C1. The van der Waals surface area contributed by atoms with E-state index in [1.807, 2.05) is 24.3 Å². The lowest BCUT2D eigenvalue weighted by molar-refractivity contribution is -0.120. The van der Waals surface area contributed by atoms with Gasteiger partial charge in [0, 0.05) is 25.0 Å². The summed E-state index contributed by atoms with van der Waals surface area (Å²) >= 11 is 0. The van der Waals surface area contributed by atoms with E-state index in [2.05, 4.69) is 51.6 Å². The predicted octanol–water partition coefficient (Wildman–Crippen LogP) is 3.02. The number of aromatic amines is 1. The van der Waals surface area contributed by atoms with E-state index >= 15 is 0 Å². The zero-order valence-electron chi connectivity index (χ0n) is 15.7. The zero-order chi connectivity index (χ0) is 18.6. The maximum absolute atomic E-state index is 12.3. The van der Waals surface area contributed by atoms with Crippen LogP contribution in [0.15, 0.2) is 48.5 Å². The molecule has 0 bridgehead atoms. The second kappa shape index (κ2) is 7.92. The zero-order valence-corrected chi connectivity index (χ0v) is 15.7. The Hall–Kier alpha value is -2.66. The fraction of sp³-hybridized carbons (Fsp3) is 0.364. The van der Waals surface area contributed by atoms with Gasteiger partial charge in [-0.2, -0.15) is 5.10 Å². The molecule has 27 heavy (non-hydrogen) atoms. The van der Waals surface area contributed by atoms with Crippen LogP contribution in [0.1, 0.15) is 29.2 Å². The van der Waals surface area contributed by atoms with Crippen LogP contribution in [-0.2, 0) is 11.2 Å². The molecular formula is C22H26N4O. The summed E-state index contributed by atoms with van der Waals surface area (Å²) in [4.78, 5) is 14.7. The number of nitrogens with zero attached hydrogens (tertiary/aromatic N) is 2. The van der Waals surface area contributed by atoms with Gasteiger partial charge >= 0.3 is 0 Å². The van der Waals surface area contributed by atoms with Crippen molar-refractivity contribution in [3.05, 3.63) is 65.4 Å². The fourth-order valence-corrected chi connectivity index (χ4v) is 4.06. The van der Waals surface area contributed by atoms with Gasteiger partial charge in [-0.1, -0.05) is 42.5 Å². The van der Waals surface area contributed by atoms with E-state index < -0.39 is 0 Å². The van der Waals surface area contributed by atoms with Gasteiger partial charge in [-0.05, 0) is 43.0 Å². The molecule has 1 fully saturated rings. The Balaban J connectivity index is 1.24. The van der Waals surface area contributed by atoms with Gasteiger partial charge in [-0.25, -0.2) is 0 Å². The Morgan fingerprint density at radius 1 is 1.22 bits per heavy atom. The van der Waals surface area contributed by atoms with Crippen molar-refractivity contribution in [2.45, 2.75) is 25.7 Å². The largest absolute Gasteiger partial charge is 0.354 e. The second-order valence-electron chi connectivity index (χ2n) is 7.39. The van der Waals surface area contributed by atoms with Gasteiger partial charge in [0.15, 0.2) is 0 Å². The number of aromatic nitrogens is 2. The van der Waals surface area contributed by atoms with Crippen LogP contribution in [0.3, 0.4) is 0 Å². The van der Waals surface area contributed by atoms with Crippen molar-refractivity contribution in [2.24, 2.45) is 0 Å². The molecule has 1 saturated heterocycles. The molecule has 0 saturated carbocycles. The van der Waals surface area contributed by atoms with Crippen LogP contribution >= 0.6 is 0 Å². The number of carbonyl (C=O) groups excluding carboxylic acids is 1. The van der Waals surface area contributed by atoms with E-state index in [-0.39, 0.29) is 5.91 Å². The number of nitrogens with one attached hydrogen (secondary N) is 2. The Morgan fingerprint density at radius 2 is 2.04 bits per heavy atom. The van der Waals surface area contributed by atoms with E-state index in [0.29, 0.717) is 18.9 Å². The number of aryl methyl sites for hydroxylation is 1. The summed E-state index contributed by atoms with van der Waals surface area (Å²) in [6, 6.07) is 16.5. The quantitative estimate of drug-likeness (QED) is 0.709. The number of H-pyrrole nitrogens is 1. The third-order valence-electron chi connectivity index (χ3n) is 5.53. The topological polar surface area (TPSA) is 61.0 Å². The number of carbonyl (C=O) groups is 1. The summed E-state index contributed by atoms with van der Waals surface area (Å²) in [5, 5.41) is 11.3. The van der Waals surface area contributed by atoms with E-state index in [4.69, 9.17) is 0 Å². The third-order valence-corrected chi connectivity index (χ3v) is 5.53. The van der Waals surface area contributed by atoms with Gasteiger partial charge in [0.25, 0.3) is 0 Å². The van der Waals surface area contributed by atoms with Crippen LogP contribution in [-0.4, -0.2) is 47.2 Å². The van der Waals surface area contributed by atoms with Gasteiger partial charge in [-0.3, -0.25) is 9.89 Å². The minimum atomic E-state index is 0.0408. The number of fused-ring (bicyclic) bond motifs is 1. The van der Waals surface area contributed by atoms with Gasteiger partial charge in [0.05, 0.1) is 17.6 Å². The first kappa shape index (κ1) is 17.7. The number of hydrogen-bond donors (Lipinski definition) is 2. The van der Waals surface area contributed by atoms with Crippen LogP contribution in [0.2, 0.25) is 0 Å². The number of hydrogen-bond acceptors (Lipinski definition) is 3. The van der Waals surface area contributed by atoms with Crippen molar-refractivity contribution in [1.82, 2.24) is 20.4 Å². The number of likely N-dealkylation sites (tertiary alicyclic amines) is 1. The maximum Gasteiger partial charge on any atom is 0.226 e. The highest BCUT2D eigenvalue weighted by atomic mass is 16.1. The highest BCUT2D eigenvalue weighted by Gasteiger charge is 2.24. The smallest absolute Gasteiger partial charge is 0.226 e. The number of benzene rings is 2. The molecule has 5 heteroatoms. The minimum Gasteiger partial charge on any atom is -0.354 e. The molecule has 0 radical (unpaired) electrons. The summed E-state index contributed by atoms with van der Waals surface area (Å²) in [6.07, 6.45) is 1.53. The van der Waals surface area contributed by atoms with Crippen molar-refractivity contribution in [3.63, 3.8) is 0 Å². The Labute approximate surface area is 159 Å². The highest BCUT2D eigenvalue weighted by Crippen LogP contribution is 2.28. The van der Waals surface area contributed by atoms with Crippen LogP contribution in [0.25, 0.3) is 10.9 Å². The highest BCUT2D eigenvalue weighted by molar-refractivity contribution is 5.87. The normalized spacial score (nSPS) is 17.4. The minimum absolute atomic E-state index is 0.0408. The molecule has 1 aliphatic heterocycles. The molecule has 1 atom stereocenters. The summed E-state index contributed by atoms with van der Waals surface area (Å²) in [5.41, 5.74) is 4.63. The lowest BCUT2D eigenvalue weighted by atomic mass is 9.94. The van der Waals surface area contributed by atoms with Gasteiger partial charge in [0.1, 0.15) is 0 Å². The Morgan fingerprint density at radius 3 is 2.93 bits per heavy atom. The molecule has 1 aromatic heterocycles. The monoisotopic (exact) mass is 362 g/mol. The molecule has 2 heterocycles. The first-order valence-electron chi connectivity index (χ1n) is 9.67. The maximum atomic E-state index is 12.3. The van der Waals surface area contributed by atoms with Gasteiger partial charge < -0.3 is 10.2 Å². The van der Waals surface area contributed by atoms with Crippen molar-refractivity contribution in [2.75, 3.05) is 26.2 Å². The van der Waals surface area contributed by atoms with E-state index in [1.165, 1.54) is 17.5 Å². The number of para-hydroxylation sites is 1. The summed E-state index contributed by atoms with van der Waals surface area (Å²) < 4.78 is 0. The molecule has 140 valence electrons. The number of amides is 1. The van der Waals surface area contributed by atoms with E-state index in [1.54, 1.807) is 0 Å². The van der Waals surface area contributed by atoms with Crippen LogP contribution in [0, 0.1) is 6.92 Å². The van der Waals surface area contributed by atoms with Crippen molar-refractivity contribution in [1.29, 1.82) is 0 Å². The van der Waals surface area contributed by atoms with E-state index in [9.17, 15) is 4.79 Å². The molecule has 2 N–H and O–H groups in total. The molecule has 4 rings (SSSR count). The average molecular weight is 362 g/mol. The van der Waals surface area contributed by atoms with Crippen LogP contribution in [0.5, 0.6) is 0 Å². The number of rotatable bonds is 6. The first-order valence-corrected chi connectivity index (χ1v) is 9.67. The van der Waals surface area contributed by atoms with Crippen molar-refractivity contribution < 1.29 is 4.79 Å². The lowest BCUT2D eigenvalue weighted by Gasteiger charge is -2.17.